The van der Waals surface area contributed by atoms with Gasteiger partial charge in [-0.25, -0.2) is 9.79 Å². The highest BCUT2D eigenvalue weighted by atomic mass is 16.6. The van der Waals surface area contributed by atoms with Gasteiger partial charge in [0, 0.05) is 43.5 Å². The van der Waals surface area contributed by atoms with E-state index in [1.807, 2.05) is 13.8 Å². The monoisotopic (exact) mass is 610 g/mol. The van der Waals surface area contributed by atoms with E-state index >= 15 is 0 Å². The Morgan fingerprint density at radius 1 is 1.18 bits per heavy atom. The summed E-state index contributed by atoms with van der Waals surface area (Å²) in [4.78, 5) is 33.4. The predicted octanol–water partition coefficient (Wildman–Crippen LogP) is 4.23. The fraction of sp³-hybridized carbons (Fsp3) is 0.438. The Bertz CT molecular complexity index is 1400. The molecule has 2 amide bonds. The van der Waals surface area contributed by atoms with Gasteiger partial charge in [0.1, 0.15) is 23.3 Å². The van der Waals surface area contributed by atoms with Gasteiger partial charge < -0.3 is 40.6 Å². The van der Waals surface area contributed by atoms with Crippen molar-refractivity contribution < 1.29 is 39.1 Å². The Kier molecular flexibility index (Phi) is 12.0. The molecule has 6 atom stereocenters. The Morgan fingerprint density at radius 3 is 2.52 bits per heavy atom. The second kappa shape index (κ2) is 15.5. The number of nitrogens with two attached hydrogens (primary N) is 1. The van der Waals surface area contributed by atoms with Crippen molar-refractivity contribution in [1.29, 1.82) is 0 Å². The first-order valence-electron chi connectivity index (χ1n) is 14.3. The summed E-state index contributed by atoms with van der Waals surface area (Å²) in [6, 6.07) is 1.24. The van der Waals surface area contributed by atoms with E-state index in [1.165, 1.54) is 32.6 Å². The summed E-state index contributed by atoms with van der Waals surface area (Å²) in [6.07, 6.45) is 7.57. The maximum absolute atomic E-state index is 13.1. The average molecular weight is 611 g/mol. The number of benzene rings is 1. The van der Waals surface area contributed by atoms with Crippen molar-refractivity contribution in [2.45, 2.75) is 65.0 Å². The molecule has 6 N–H and O–H groups in total. The third-order valence-electron chi connectivity index (χ3n) is 7.58. The molecule has 0 aromatic heterocycles. The number of primary amides is 1. The van der Waals surface area contributed by atoms with E-state index in [1.54, 1.807) is 44.4 Å². The van der Waals surface area contributed by atoms with Gasteiger partial charge in [0.15, 0.2) is 6.10 Å². The predicted molar refractivity (Wildman–Crippen MR) is 168 cm³/mol. The summed E-state index contributed by atoms with van der Waals surface area (Å²) in [7, 11) is 2.94. The molecule has 0 fully saturated rings. The number of aliphatic hydroxyl groups excluding tert-OH is 1. The summed E-state index contributed by atoms with van der Waals surface area (Å²) >= 11 is 0. The number of nitrogens with one attached hydrogen (secondary N) is 1. The second-order valence-electron chi connectivity index (χ2n) is 11.1. The Labute approximate surface area is 257 Å². The normalized spacial score (nSPS) is 30.7. The molecule has 2 aliphatic rings. The molecule has 44 heavy (non-hydrogen) atoms. The minimum atomic E-state index is -0.995. The quantitative estimate of drug-likeness (QED) is 0.190. The standard InChI is InChI=1S/C32H42N4O8/c1-17-12-22-27(35-21-10-11-34-16-21)24(37)15-23(29(22)39)36-31(40)18(2)8-7-9-25(42-5)30(44-32(33)41)20(4)14-19(3)28(38)26(13-17)43-6/h7-11,14-17,19,25-26,28,30,37-39H,12-13H2,1-6H3,(H2,33,41)(H,36,40)/b9-7-,18-8+,20-14+,35-21?/t17-,19-,25-,26-,28+,30-/m1/s1. The minimum absolute atomic E-state index is 0.00499. The lowest BCUT2D eigenvalue weighted by atomic mass is 9.87. The number of aliphatic hydroxyl groups is 1. The van der Waals surface area contributed by atoms with E-state index in [4.69, 9.17) is 19.9 Å². The molecule has 0 saturated carbocycles. The largest absolute Gasteiger partial charge is 0.506 e. The van der Waals surface area contributed by atoms with Crippen LogP contribution >= 0.6 is 0 Å². The van der Waals surface area contributed by atoms with Crippen LogP contribution in [0.25, 0.3) is 0 Å². The molecule has 0 radical (unpaired) electrons. The number of hydrogen-bond donors (Lipinski definition) is 5. The van der Waals surface area contributed by atoms with Crippen LogP contribution in [0.1, 0.15) is 39.7 Å². The summed E-state index contributed by atoms with van der Waals surface area (Å²) in [5.74, 6) is -1.64. The van der Waals surface area contributed by atoms with E-state index < -0.39 is 42.3 Å². The van der Waals surface area contributed by atoms with Gasteiger partial charge in [0.05, 0.1) is 29.8 Å². The number of anilines is 1. The molecule has 2 heterocycles. The highest BCUT2D eigenvalue weighted by Gasteiger charge is 2.30. The van der Waals surface area contributed by atoms with Crippen LogP contribution in [0.2, 0.25) is 0 Å². The molecule has 1 aromatic rings. The van der Waals surface area contributed by atoms with Gasteiger partial charge in [-0.3, -0.25) is 9.79 Å². The second-order valence-corrected chi connectivity index (χ2v) is 11.1. The van der Waals surface area contributed by atoms with Gasteiger partial charge in [-0.15, -0.1) is 0 Å². The molecule has 2 aliphatic heterocycles. The van der Waals surface area contributed by atoms with Crippen LogP contribution in [0.4, 0.5) is 16.2 Å². The van der Waals surface area contributed by atoms with Gasteiger partial charge >= 0.3 is 6.09 Å². The first-order valence-corrected chi connectivity index (χ1v) is 14.3. The fourth-order valence-corrected chi connectivity index (χ4v) is 5.20. The SMILES string of the molecule is CO[C@@H]1/C=C\C=C(/C)C(=O)Nc2cc(O)c(N=C3C=CN=C3)c(c2O)C[C@@H](C)C[C@@H](OC)[C@@H](O)[C@H](C)/C=C(\C)[C@H]1OC(N)=O. The van der Waals surface area contributed by atoms with E-state index in [9.17, 15) is 24.9 Å². The summed E-state index contributed by atoms with van der Waals surface area (Å²) in [6.45, 7) is 7.05. The van der Waals surface area contributed by atoms with Crippen molar-refractivity contribution >= 4 is 35.3 Å². The highest BCUT2D eigenvalue weighted by molar-refractivity contribution is 6.38. The number of carbonyl (C=O) groups excluding carboxylic acids is 2. The third-order valence-corrected chi connectivity index (χ3v) is 7.58. The number of aromatic hydroxyl groups is 2. The molecular weight excluding hydrogens is 568 g/mol. The average Bonchev–Trinajstić information content (AvgIpc) is 3.49. The minimum Gasteiger partial charge on any atom is -0.506 e. The van der Waals surface area contributed by atoms with Crippen molar-refractivity contribution in [3.05, 3.63) is 59.4 Å². The zero-order chi connectivity index (χ0) is 32.6. The highest BCUT2D eigenvalue weighted by Crippen LogP contribution is 2.44. The Morgan fingerprint density at radius 2 is 1.91 bits per heavy atom. The van der Waals surface area contributed by atoms with Crippen LogP contribution in [-0.2, 0) is 25.4 Å². The maximum Gasteiger partial charge on any atom is 0.405 e. The molecule has 0 aliphatic carbocycles. The fourth-order valence-electron chi connectivity index (χ4n) is 5.20. The zero-order valence-electron chi connectivity index (χ0n) is 25.9. The lowest BCUT2D eigenvalue weighted by Gasteiger charge is -2.29. The molecule has 238 valence electrons. The first kappa shape index (κ1) is 34.2. The van der Waals surface area contributed by atoms with Gasteiger partial charge in [-0.1, -0.05) is 38.2 Å². The summed E-state index contributed by atoms with van der Waals surface area (Å²) in [5, 5.41) is 36.3. The molecule has 0 spiro atoms. The van der Waals surface area contributed by atoms with Crippen molar-refractivity contribution in [2.24, 2.45) is 27.6 Å². The first-order chi connectivity index (χ1) is 20.9. The number of phenolic OH excluding ortho intramolecular Hbond substituents is 2. The number of rotatable bonds is 4. The van der Waals surface area contributed by atoms with Crippen LogP contribution < -0.4 is 11.1 Å². The number of allylic oxidation sites excluding steroid dienone is 3. The number of ether oxygens (including phenoxy) is 3. The molecular formula is C32H42N4O8. The van der Waals surface area contributed by atoms with Crippen molar-refractivity contribution in [1.82, 2.24) is 0 Å². The van der Waals surface area contributed by atoms with E-state index in [2.05, 4.69) is 15.3 Å². The molecule has 2 bridgehead atoms. The van der Waals surface area contributed by atoms with Crippen molar-refractivity contribution in [3.63, 3.8) is 0 Å². The number of fused-ring (bicyclic) bond motifs is 2. The number of hydrogen-bond acceptors (Lipinski definition) is 10. The number of nitrogens with zero attached hydrogens (tertiary/aromatic N) is 2. The lowest BCUT2D eigenvalue weighted by Crippen LogP contribution is -2.37. The van der Waals surface area contributed by atoms with E-state index in [-0.39, 0.29) is 40.8 Å². The number of amides is 2. The summed E-state index contributed by atoms with van der Waals surface area (Å²) < 4.78 is 16.6. The number of phenols is 2. The molecule has 1 aromatic carbocycles. The smallest absolute Gasteiger partial charge is 0.405 e. The van der Waals surface area contributed by atoms with Gasteiger partial charge in [0.25, 0.3) is 5.91 Å². The van der Waals surface area contributed by atoms with Crippen molar-refractivity contribution in [3.8, 4) is 11.5 Å². The number of methoxy groups -OCH3 is 2. The molecule has 3 rings (SSSR count). The van der Waals surface area contributed by atoms with Gasteiger partial charge in [-0.05, 0) is 44.3 Å². The van der Waals surface area contributed by atoms with Crippen LogP contribution in [0.3, 0.4) is 0 Å². The van der Waals surface area contributed by atoms with E-state index in [0.29, 0.717) is 23.3 Å². The van der Waals surface area contributed by atoms with Crippen LogP contribution in [-0.4, -0.2) is 77.9 Å². The number of carbonyl (C=O) groups is 2. The molecule has 0 saturated heterocycles. The van der Waals surface area contributed by atoms with Gasteiger partial charge in [0.2, 0.25) is 0 Å². The molecule has 0 unspecified atom stereocenters. The van der Waals surface area contributed by atoms with Crippen molar-refractivity contribution in [2.75, 3.05) is 19.5 Å². The van der Waals surface area contributed by atoms with Crippen LogP contribution in [0.5, 0.6) is 11.5 Å². The Balaban J connectivity index is 2.14. The van der Waals surface area contributed by atoms with Crippen LogP contribution in [0, 0.1) is 11.8 Å². The molecule has 12 nitrogen and oxygen atoms in total. The topological polar surface area (TPSA) is 185 Å². The third kappa shape index (κ3) is 8.65. The van der Waals surface area contributed by atoms with E-state index in [0.717, 1.165) is 0 Å². The molecule has 12 heteroatoms. The lowest BCUT2D eigenvalue weighted by molar-refractivity contribution is -0.112. The Hall–Kier alpha value is -4.26. The van der Waals surface area contributed by atoms with Crippen LogP contribution in [0.15, 0.2) is 63.8 Å². The summed E-state index contributed by atoms with van der Waals surface area (Å²) in [5.41, 5.74) is 7.18. The van der Waals surface area contributed by atoms with Gasteiger partial charge in [-0.2, -0.15) is 0 Å². The zero-order valence-corrected chi connectivity index (χ0v) is 25.9. The maximum atomic E-state index is 13.1. The number of aliphatic imine (C=N–C) groups is 2.